The second-order valence-corrected chi connectivity index (χ2v) is 6.48. The molecule has 0 radical (unpaired) electrons. The molecule has 25 heavy (non-hydrogen) atoms. The Kier molecular flexibility index (Phi) is 3.45. The van der Waals surface area contributed by atoms with Crippen molar-refractivity contribution in [3.05, 3.63) is 67.8 Å². The summed E-state index contributed by atoms with van der Waals surface area (Å²) in [5.41, 5.74) is 1.86. The van der Waals surface area contributed by atoms with Crippen LogP contribution in [0.15, 0.2) is 45.4 Å². The highest BCUT2D eigenvalue weighted by Crippen LogP contribution is 2.42. The molecular weight excluding hydrogens is 320 g/mol. The molecule has 0 bridgehead atoms. The average molecular weight is 338 g/mol. The summed E-state index contributed by atoms with van der Waals surface area (Å²) in [6.45, 7) is 0. The van der Waals surface area contributed by atoms with E-state index in [-0.39, 0.29) is 11.3 Å². The van der Waals surface area contributed by atoms with Crippen LogP contribution in [0.25, 0.3) is 0 Å². The zero-order valence-electron chi connectivity index (χ0n) is 14.1. The van der Waals surface area contributed by atoms with Crippen molar-refractivity contribution in [1.82, 2.24) is 14.1 Å². The fraction of sp³-hybridized carbons (Fsp3) is 0.333. The number of anilines is 1. The molecule has 2 aliphatic rings. The summed E-state index contributed by atoms with van der Waals surface area (Å²) in [6, 6.07) is 3.65. The molecule has 0 saturated heterocycles. The number of ketones is 1. The number of nitrogens with zero attached hydrogens (tertiary/aromatic N) is 3. The van der Waals surface area contributed by atoms with Crippen LogP contribution in [0.5, 0.6) is 0 Å². The number of fused-ring (bicyclic) bond motifs is 1. The van der Waals surface area contributed by atoms with E-state index in [1.165, 1.54) is 11.6 Å². The Morgan fingerprint density at radius 1 is 1.16 bits per heavy atom. The van der Waals surface area contributed by atoms with E-state index in [0.29, 0.717) is 23.4 Å². The highest BCUT2D eigenvalue weighted by molar-refractivity contribution is 6.00. The van der Waals surface area contributed by atoms with Crippen LogP contribution in [-0.4, -0.2) is 19.9 Å². The van der Waals surface area contributed by atoms with E-state index in [9.17, 15) is 14.4 Å². The average Bonchev–Trinajstić information content (AvgIpc) is 2.64. The lowest BCUT2D eigenvalue weighted by Crippen LogP contribution is -2.44. The molecule has 0 fully saturated rings. The van der Waals surface area contributed by atoms with Crippen molar-refractivity contribution < 1.29 is 4.79 Å². The molecule has 3 heterocycles. The van der Waals surface area contributed by atoms with E-state index in [1.54, 1.807) is 25.5 Å². The summed E-state index contributed by atoms with van der Waals surface area (Å²) >= 11 is 0. The van der Waals surface area contributed by atoms with Crippen LogP contribution in [0.3, 0.4) is 0 Å². The molecule has 1 aliphatic carbocycles. The SMILES string of the molecule is Cn1c2c(c(=O)n(C)c1=O)[C@@H](c1cccnc1)C1=C(CCCC1=O)N2. The van der Waals surface area contributed by atoms with Crippen molar-refractivity contribution in [2.75, 3.05) is 5.32 Å². The lowest BCUT2D eigenvalue weighted by Gasteiger charge is -2.34. The van der Waals surface area contributed by atoms with E-state index in [1.807, 2.05) is 6.07 Å². The van der Waals surface area contributed by atoms with Crippen molar-refractivity contribution in [3.8, 4) is 0 Å². The molecule has 0 unspecified atom stereocenters. The third kappa shape index (κ3) is 2.19. The van der Waals surface area contributed by atoms with Crippen LogP contribution in [0.2, 0.25) is 0 Å². The molecule has 1 aliphatic heterocycles. The highest BCUT2D eigenvalue weighted by Gasteiger charge is 2.38. The van der Waals surface area contributed by atoms with Gasteiger partial charge in [0.15, 0.2) is 5.78 Å². The molecular formula is C18H18N4O3. The van der Waals surface area contributed by atoms with Crippen molar-refractivity contribution in [3.63, 3.8) is 0 Å². The van der Waals surface area contributed by atoms with Crippen LogP contribution in [0.1, 0.15) is 36.3 Å². The van der Waals surface area contributed by atoms with Gasteiger partial charge < -0.3 is 5.32 Å². The molecule has 1 N–H and O–H groups in total. The Morgan fingerprint density at radius 3 is 2.68 bits per heavy atom. The number of hydrogen-bond donors (Lipinski definition) is 1. The zero-order chi connectivity index (χ0) is 17.7. The number of rotatable bonds is 1. The van der Waals surface area contributed by atoms with E-state index >= 15 is 0 Å². The Hall–Kier alpha value is -2.96. The quantitative estimate of drug-likeness (QED) is 0.840. The first-order valence-corrected chi connectivity index (χ1v) is 8.23. The van der Waals surface area contributed by atoms with Crippen LogP contribution in [0, 0.1) is 0 Å². The predicted octanol–water partition coefficient (Wildman–Crippen LogP) is 1.04. The lowest BCUT2D eigenvalue weighted by atomic mass is 9.77. The van der Waals surface area contributed by atoms with Crippen LogP contribution < -0.4 is 16.6 Å². The van der Waals surface area contributed by atoms with Gasteiger partial charge in [-0.05, 0) is 24.5 Å². The fourth-order valence-electron chi connectivity index (χ4n) is 3.78. The van der Waals surface area contributed by atoms with Gasteiger partial charge in [-0.25, -0.2) is 4.79 Å². The third-order valence-corrected chi connectivity index (χ3v) is 5.02. The lowest BCUT2D eigenvalue weighted by molar-refractivity contribution is -0.116. The standard InChI is InChI=1S/C18H18N4O3/c1-21-16-15(17(24)22(2)18(21)25)13(10-5-4-8-19-9-10)14-11(20-16)6-3-7-12(14)23/h4-5,8-9,13,20H,3,6-7H2,1-2H3/t13-/m0/s1. The van der Waals surface area contributed by atoms with Gasteiger partial charge in [0.05, 0.1) is 5.56 Å². The summed E-state index contributed by atoms with van der Waals surface area (Å²) in [6.07, 6.45) is 5.29. The zero-order valence-corrected chi connectivity index (χ0v) is 14.1. The maximum Gasteiger partial charge on any atom is 0.332 e. The van der Waals surface area contributed by atoms with Gasteiger partial charge in [-0.2, -0.15) is 0 Å². The molecule has 0 aromatic carbocycles. The molecule has 7 heteroatoms. The molecule has 2 aromatic rings. The van der Waals surface area contributed by atoms with E-state index in [2.05, 4.69) is 10.3 Å². The maximum atomic E-state index is 12.9. The van der Waals surface area contributed by atoms with E-state index in [0.717, 1.165) is 28.7 Å². The van der Waals surface area contributed by atoms with Crippen LogP contribution in [-0.2, 0) is 18.9 Å². The predicted molar refractivity (Wildman–Crippen MR) is 92.5 cm³/mol. The van der Waals surface area contributed by atoms with Crippen LogP contribution >= 0.6 is 0 Å². The first-order valence-electron chi connectivity index (χ1n) is 8.23. The van der Waals surface area contributed by atoms with Gasteiger partial charge in [0.1, 0.15) is 5.82 Å². The summed E-state index contributed by atoms with van der Waals surface area (Å²) in [7, 11) is 3.09. The van der Waals surface area contributed by atoms with Gasteiger partial charge in [-0.3, -0.25) is 23.7 Å². The second-order valence-electron chi connectivity index (χ2n) is 6.48. The Balaban J connectivity index is 2.10. The number of Topliss-reactive ketones (excluding diaryl/α,β-unsaturated/α-hetero) is 1. The number of carbonyl (C=O) groups is 1. The molecule has 7 nitrogen and oxygen atoms in total. The summed E-state index contributed by atoms with van der Waals surface area (Å²) in [5.74, 6) is 0.0119. The van der Waals surface area contributed by atoms with Crippen molar-refractivity contribution in [2.45, 2.75) is 25.2 Å². The third-order valence-electron chi connectivity index (χ3n) is 5.02. The van der Waals surface area contributed by atoms with Crippen molar-refractivity contribution in [1.29, 1.82) is 0 Å². The molecule has 4 rings (SSSR count). The molecule has 128 valence electrons. The number of allylic oxidation sites excluding steroid dienone is 2. The van der Waals surface area contributed by atoms with Gasteiger partial charge in [0.25, 0.3) is 5.56 Å². The molecule has 1 atom stereocenters. The van der Waals surface area contributed by atoms with E-state index < -0.39 is 11.6 Å². The molecule has 0 spiro atoms. The minimum Gasteiger partial charge on any atom is -0.344 e. The second kappa shape index (κ2) is 5.54. The van der Waals surface area contributed by atoms with E-state index in [4.69, 9.17) is 0 Å². The van der Waals surface area contributed by atoms with Crippen molar-refractivity contribution in [2.24, 2.45) is 14.1 Å². The number of aromatic nitrogens is 3. The Morgan fingerprint density at radius 2 is 1.96 bits per heavy atom. The first kappa shape index (κ1) is 15.6. The van der Waals surface area contributed by atoms with Gasteiger partial charge >= 0.3 is 5.69 Å². The van der Waals surface area contributed by atoms with Gasteiger partial charge in [-0.15, -0.1) is 0 Å². The summed E-state index contributed by atoms with van der Waals surface area (Å²) in [4.78, 5) is 42.1. The number of hydrogen-bond acceptors (Lipinski definition) is 5. The number of nitrogens with one attached hydrogen (secondary N) is 1. The highest BCUT2D eigenvalue weighted by atomic mass is 16.2. The van der Waals surface area contributed by atoms with Crippen LogP contribution in [0.4, 0.5) is 5.82 Å². The summed E-state index contributed by atoms with van der Waals surface area (Å²) < 4.78 is 2.52. The minimum absolute atomic E-state index is 0.0455. The van der Waals surface area contributed by atoms with Gasteiger partial charge in [0, 0.05) is 50.1 Å². The first-order chi connectivity index (χ1) is 12.0. The topological polar surface area (TPSA) is 86.0 Å². The molecule has 2 aromatic heterocycles. The largest absolute Gasteiger partial charge is 0.344 e. The fourth-order valence-corrected chi connectivity index (χ4v) is 3.78. The molecule has 0 amide bonds. The van der Waals surface area contributed by atoms with Crippen molar-refractivity contribution >= 4 is 11.6 Å². The Labute approximate surface area is 143 Å². The summed E-state index contributed by atoms with van der Waals surface area (Å²) in [5, 5.41) is 3.19. The molecule has 0 saturated carbocycles. The minimum atomic E-state index is -0.502. The number of carbonyl (C=O) groups excluding carboxylic acids is 1. The monoisotopic (exact) mass is 338 g/mol. The maximum absolute atomic E-state index is 12.9. The smallest absolute Gasteiger partial charge is 0.332 e. The van der Waals surface area contributed by atoms with Gasteiger partial charge in [-0.1, -0.05) is 6.07 Å². The normalized spacial score (nSPS) is 19.3. The number of pyridine rings is 1. The Bertz CT molecular complexity index is 1030. The van der Waals surface area contributed by atoms with Gasteiger partial charge in [0.2, 0.25) is 0 Å².